The molecule has 9 heteroatoms. The van der Waals surface area contributed by atoms with Crippen molar-refractivity contribution < 1.29 is 18.7 Å². The molecule has 0 bridgehead atoms. The summed E-state index contributed by atoms with van der Waals surface area (Å²) in [7, 11) is 1.41. The van der Waals surface area contributed by atoms with Crippen LogP contribution >= 0.6 is 0 Å². The van der Waals surface area contributed by atoms with E-state index in [0.717, 1.165) is 19.3 Å². The maximum Gasteiger partial charge on any atom is 0.251 e. The number of nitrogens with two attached hydrogens (primary N) is 1. The van der Waals surface area contributed by atoms with Gasteiger partial charge in [0.1, 0.15) is 11.9 Å². The third kappa shape index (κ3) is 3.98. The van der Waals surface area contributed by atoms with Gasteiger partial charge in [0.15, 0.2) is 11.6 Å². The van der Waals surface area contributed by atoms with Gasteiger partial charge in [-0.3, -0.25) is 4.79 Å². The predicted molar refractivity (Wildman–Crippen MR) is 112 cm³/mol. The van der Waals surface area contributed by atoms with Gasteiger partial charge in [0.05, 0.1) is 19.2 Å². The second kappa shape index (κ2) is 8.59. The van der Waals surface area contributed by atoms with Crippen LogP contribution in [-0.2, 0) is 9.53 Å². The fourth-order valence-corrected chi connectivity index (χ4v) is 4.24. The average Bonchev–Trinajstić information content (AvgIpc) is 3.22. The minimum Gasteiger partial charge on any atom is -0.494 e. The molecule has 0 aliphatic carbocycles. The molecule has 0 radical (unpaired) electrons. The number of benzene rings is 1. The number of halogens is 1. The summed E-state index contributed by atoms with van der Waals surface area (Å²) in [4.78, 5) is 25.6. The van der Waals surface area contributed by atoms with Crippen molar-refractivity contribution in [2.75, 3.05) is 50.5 Å². The lowest BCUT2D eigenvalue weighted by atomic mass is 10.00. The summed E-state index contributed by atoms with van der Waals surface area (Å²) >= 11 is 0. The van der Waals surface area contributed by atoms with E-state index in [1.54, 1.807) is 0 Å². The van der Waals surface area contributed by atoms with Crippen LogP contribution < -0.4 is 15.4 Å². The Morgan fingerprint density at radius 2 is 2.07 bits per heavy atom. The van der Waals surface area contributed by atoms with Gasteiger partial charge in [-0.05, 0) is 24.8 Å². The molecule has 2 unspecified atom stereocenters. The van der Waals surface area contributed by atoms with Crippen molar-refractivity contribution in [3.05, 3.63) is 17.9 Å². The molecule has 2 aliphatic rings. The van der Waals surface area contributed by atoms with Gasteiger partial charge in [0.2, 0.25) is 5.95 Å². The average molecular weight is 417 g/mol. The van der Waals surface area contributed by atoms with Crippen molar-refractivity contribution in [3.8, 4) is 5.75 Å². The first-order chi connectivity index (χ1) is 14.5. The summed E-state index contributed by atoms with van der Waals surface area (Å²) in [5, 5.41) is 0.450. The van der Waals surface area contributed by atoms with E-state index >= 15 is 0 Å². The molecule has 0 spiro atoms. The highest BCUT2D eigenvalue weighted by molar-refractivity contribution is 5.90. The van der Waals surface area contributed by atoms with Crippen LogP contribution in [-0.4, -0.2) is 66.8 Å². The zero-order valence-corrected chi connectivity index (χ0v) is 17.4. The molecule has 2 aromatic rings. The summed E-state index contributed by atoms with van der Waals surface area (Å²) < 4.78 is 24.8. The molecule has 0 saturated carbocycles. The Kier molecular flexibility index (Phi) is 5.90. The maximum atomic E-state index is 14.0. The first kappa shape index (κ1) is 20.6. The van der Waals surface area contributed by atoms with Crippen molar-refractivity contribution in [3.63, 3.8) is 0 Å². The van der Waals surface area contributed by atoms with Crippen molar-refractivity contribution in [1.29, 1.82) is 0 Å². The molecule has 1 amide bonds. The van der Waals surface area contributed by atoms with Gasteiger partial charge in [-0.25, -0.2) is 9.37 Å². The zero-order chi connectivity index (χ0) is 21.3. The van der Waals surface area contributed by atoms with E-state index < -0.39 is 5.82 Å². The molecule has 162 valence electrons. The number of methoxy groups -OCH3 is 1. The van der Waals surface area contributed by atoms with E-state index in [9.17, 15) is 9.18 Å². The van der Waals surface area contributed by atoms with Gasteiger partial charge in [0, 0.05) is 37.6 Å². The number of carbonyl (C=O) groups is 1. The quantitative estimate of drug-likeness (QED) is 0.797. The number of carbonyl (C=O) groups excluding carboxylic acids is 1. The lowest BCUT2D eigenvalue weighted by molar-refractivity contribution is -0.141. The SMILES string of the molecule is CCCC1COC(C(=O)N2CCN(c3nc(N)c4cc(F)c(OC)cc4n3)CC2)C1. The van der Waals surface area contributed by atoms with E-state index in [2.05, 4.69) is 16.9 Å². The highest BCUT2D eigenvalue weighted by Gasteiger charge is 2.34. The number of hydrogen-bond donors (Lipinski definition) is 1. The topological polar surface area (TPSA) is 93.8 Å². The number of rotatable bonds is 5. The van der Waals surface area contributed by atoms with Crippen LogP contribution in [0.4, 0.5) is 16.2 Å². The Morgan fingerprint density at radius 3 is 2.77 bits per heavy atom. The van der Waals surface area contributed by atoms with Crippen LogP contribution in [0, 0.1) is 11.7 Å². The molecule has 2 saturated heterocycles. The molecule has 3 heterocycles. The van der Waals surface area contributed by atoms with Gasteiger partial charge >= 0.3 is 0 Å². The normalized spacial score (nSPS) is 22.0. The van der Waals surface area contributed by atoms with E-state index in [-0.39, 0.29) is 23.6 Å². The molecule has 8 nitrogen and oxygen atoms in total. The number of hydrogen-bond acceptors (Lipinski definition) is 7. The van der Waals surface area contributed by atoms with Gasteiger partial charge in [-0.1, -0.05) is 13.3 Å². The Hall–Kier alpha value is -2.68. The molecule has 1 aromatic carbocycles. The predicted octanol–water partition coefficient (Wildman–Crippen LogP) is 2.21. The van der Waals surface area contributed by atoms with Crippen molar-refractivity contribution >= 4 is 28.6 Å². The van der Waals surface area contributed by atoms with Gasteiger partial charge in [-0.15, -0.1) is 0 Å². The summed E-state index contributed by atoms with van der Waals surface area (Å²) in [6.45, 7) is 5.18. The first-order valence-electron chi connectivity index (χ1n) is 10.5. The standard InChI is InChI=1S/C21H28FN5O3/c1-3-4-13-9-18(30-12-13)20(28)26-5-7-27(8-6-26)21-24-16-11-17(29-2)15(22)10-14(16)19(23)25-21/h10-11,13,18H,3-9,12H2,1-2H3,(H2,23,24,25). The highest BCUT2D eigenvalue weighted by atomic mass is 19.1. The van der Waals surface area contributed by atoms with Gasteiger partial charge < -0.3 is 25.0 Å². The number of anilines is 2. The molecular weight excluding hydrogens is 389 g/mol. The number of nitrogens with zero attached hydrogens (tertiary/aromatic N) is 4. The van der Waals surface area contributed by atoms with Crippen LogP contribution in [0.1, 0.15) is 26.2 Å². The zero-order valence-electron chi connectivity index (χ0n) is 17.4. The fourth-order valence-electron chi connectivity index (χ4n) is 4.24. The number of ether oxygens (including phenoxy) is 2. The van der Waals surface area contributed by atoms with E-state index in [4.69, 9.17) is 15.2 Å². The highest BCUT2D eigenvalue weighted by Crippen LogP contribution is 2.29. The molecule has 4 rings (SSSR count). The second-order valence-electron chi connectivity index (χ2n) is 7.94. The molecule has 2 aliphatic heterocycles. The second-order valence-corrected chi connectivity index (χ2v) is 7.94. The summed E-state index contributed by atoms with van der Waals surface area (Å²) in [5.41, 5.74) is 6.58. The van der Waals surface area contributed by atoms with Crippen LogP contribution in [0.25, 0.3) is 10.9 Å². The van der Waals surface area contributed by atoms with Crippen molar-refractivity contribution in [2.24, 2.45) is 5.92 Å². The Labute approximate surface area is 175 Å². The monoisotopic (exact) mass is 417 g/mol. The summed E-state index contributed by atoms with van der Waals surface area (Å²) in [6, 6.07) is 2.81. The Balaban J connectivity index is 1.43. The van der Waals surface area contributed by atoms with Crippen molar-refractivity contribution in [1.82, 2.24) is 14.9 Å². The molecule has 2 atom stereocenters. The van der Waals surface area contributed by atoms with Gasteiger partial charge in [-0.2, -0.15) is 4.98 Å². The van der Waals surface area contributed by atoms with Crippen LogP contribution in [0.3, 0.4) is 0 Å². The summed E-state index contributed by atoms with van der Waals surface area (Å²) in [6.07, 6.45) is 2.71. The Morgan fingerprint density at radius 1 is 1.30 bits per heavy atom. The van der Waals surface area contributed by atoms with E-state index in [1.807, 2.05) is 9.80 Å². The largest absolute Gasteiger partial charge is 0.494 e. The maximum absolute atomic E-state index is 14.0. The molecular formula is C21H28FN5O3. The number of fused-ring (bicyclic) bond motifs is 1. The first-order valence-corrected chi connectivity index (χ1v) is 10.5. The number of piperazine rings is 1. The smallest absolute Gasteiger partial charge is 0.251 e. The lowest BCUT2D eigenvalue weighted by Gasteiger charge is -2.35. The third-order valence-electron chi connectivity index (χ3n) is 5.91. The van der Waals surface area contributed by atoms with Gasteiger partial charge in [0.25, 0.3) is 5.91 Å². The number of aromatic nitrogens is 2. The lowest BCUT2D eigenvalue weighted by Crippen LogP contribution is -2.51. The van der Waals surface area contributed by atoms with Crippen molar-refractivity contribution in [2.45, 2.75) is 32.3 Å². The van der Waals surface area contributed by atoms with Crippen LogP contribution in [0.5, 0.6) is 5.75 Å². The minimum absolute atomic E-state index is 0.0763. The van der Waals surface area contributed by atoms with E-state index in [0.29, 0.717) is 55.6 Å². The molecule has 2 N–H and O–H groups in total. The third-order valence-corrected chi connectivity index (χ3v) is 5.91. The number of nitrogen functional groups attached to an aromatic ring is 1. The molecule has 2 fully saturated rings. The Bertz CT molecular complexity index is 932. The molecule has 30 heavy (non-hydrogen) atoms. The van der Waals surface area contributed by atoms with Crippen LogP contribution in [0.2, 0.25) is 0 Å². The fraction of sp³-hybridized carbons (Fsp3) is 0.571. The minimum atomic E-state index is -0.504. The molecule has 1 aromatic heterocycles. The number of amides is 1. The van der Waals surface area contributed by atoms with Crippen LogP contribution in [0.15, 0.2) is 12.1 Å². The summed E-state index contributed by atoms with van der Waals surface area (Å²) in [5.74, 6) is 0.862. The van der Waals surface area contributed by atoms with E-state index in [1.165, 1.54) is 19.2 Å².